The highest BCUT2D eigenvalue weighted by Gasteiger charge is 2.50. The number of nitrogens with two attached hydrogens (primary N) is 1. The second-order valence-corrected chi connectivity index (χ2v) is 6.23. The van der Waals surface area contributed by atoms with Crippen molar-refractivity contribution in [1.82, 2.24) is 10.2 Å². The largest absolute Gasteiger partial charge is 0.368 e. The van der Waals surface area contributed by atoms with Crippen LogP contribution in [0, 0.1) is 5.92 Å². The number of carbonyl (C=O) groups is 1. The van der Waals surface area contributed by atoms with Gasteiger partial charge in [-0.15, -0.1) is 0 Å². The Morgan fingerprint density at radius 2 is 1.95 bits per heavy atom. The van der Waals surface area contributed by atoms with Crippen LogP contribution < -0.4 is 11.1 Å². The summed E-state index contributed by atoms with van der Waals surface area (Å²) in [5, 5.41) is 3.48. The van der Waals surface area contributed by atoms with Crippen LogP contribution in [0.15, 0.2) is 0 Å². The van der Waals surface area contributed by atoms with Gasteiger partial charge in [0.05, 0.1) is 0 Å². The Kier molecular flexibility index (Phi) is 5.81. The quantitative estimate of drug-likeness (QED) is 0.670. The van der Waals surface area contributed by atoms with Gasteiger partial charge < -0.3 is 5.73 Å². The van der Waals surface area contributed by atoms with E-state index in [0.717, 1.165) is 32.4 Å². The van der Waals surface area contributed by atoms with Gasteiger partial charge in [-0.05, 0) is 52.5 Å². The van der Waals surface area contributed by atoms with Crippen molar-refractivity contribution >= 4 is 5.91 Å². The lowest BCUT2D eigenvalue weighted by Crippen LogP contribution is -2.65. The maximum absolute atomic E-state index is 12.1. The Hall–Kier alpha value is -0.610. The molecule has 0 heterocycles. The number of hydrogen-bond acceptors (Lipinski definition) is 3. The third-order valence-corrected chi connectivity index (χ3v) is 4.33. The number of amides is 1. The summed E-state index contributed by atoms with van der Waals surface area (Å²) in [5.41, 5.74) is 5.23. The molecule has 1 aliphatic carbocycles. The number of nitrogens with zero attached hydrogens (tertiary/aromatic N) is 1. The van der Waals surface area contributed by atoms with Crippen LogP contribution in [-0.4, -0.2) is 41.5 Å². The summed E-state index contributed by atoms with van der Waals surface area (Å²) in [4.78, 5) is 14.5. The first-order valence-corrected chi connectivity index (χ1v) is 7.69. The maximum atomic E-state index is 12.1. The Morgan fingerprint density at radius 1 is 1.37 bits per heavy atom. The summed E-state index contributed by atoms with van der Waals surface area (Å²) in [7, 11) is 0. The average Bonchev–Trinajstić information content (AvgIpc) is 3.17. The van der Waals surface area contributed by atoms with Crippen molar-refractivity contribution in [3.05, 3.63) is 0 Å². The van der Waals surface area contributed by atoms with Gasteiger partial charge in [-0.1, -0.05) is 13.8 Å². The highest BCUT2D eigenvalue weighted by Crippen LogP contribution is 2.40. The minimum Gasteiger partial charge on any atom is -0.368 e. The predicted molar refractivity (Wildman–Crippen MR) is 79.9 cm³/mol. The molecule has 0 aromatic rings. The van der Waals surface area contributed by atoms with Crippen molar-refractivity contribution in [2.24, 2.45) is 11.7 Å². The first kappa shape index (κ1) is 16.4. The monoisotopic (exact) mass is 269 g/mol. The van der Waals surface area contributed by atoms with Gasteiger partial charge in [0.2, 0.25) is 5.91 Å². The van der Waals surface area contributed by atoms with Crippen molar-refractivity contribution in [3.63, 3.8) is 0 Å². The third kappa shape index (κ3) is 3.93. The van der Waals surface area contributed by atoms with E-state index < -0.39 is 5.54 Å². The molecule has 2 unspecified atom stereocenters. The van der Waals surface area contributed by atoms with E-state index in [2.05, 4.69) is 44.8 Å². The van der Waals surface area contributed by atoms with Crippen LogP contribution in [0.5, 0.6) is 0 Å². The van der Waals surface area contributed by atoms with Gasteiger partial charge >= 0.3 is 0 Å². The molecule has 112 valence electrons. The Balaban J connectivity index is 2.91. The van der Waals surface area contributed by atoms with Crippen molar-refractivity contribution in [2.45, 2.75) is 71.5 Å². The molecule has 0 aromatic heterocycles. The molecule has 0 aliphatic heterocycles. The molecule has 0 saturated heterocycles. The molecular weight excluding hydrogens is 238 g/mol. The predicted octanol–water partition coefficient (Wildman–Crippen LogP) is 1.74. The molecule has 1 aliphatic rings. The molecule has 0 aromatic carbocycles. The lowest BCUT2D eigenvalue weighted by molar-refractivity contribution is -0.127. The first-order valence-electron chi connectivity index (χ1n) is 7.69. The van der Waals surface area contributed by atoms with Gasteiger partial charge in [0, 0.05) is 18.6 Å². The highest BCUT2D eigenvalue weighted by atomic mass is 16.1. The fourth-order valence-electron chi connectivity index (χ4n) is 2.89. The fourth-order valence-corrected chi connectivity index (χ4v) is 2.89. The van der Waals surface area contributed by atoms with E-state index in [-0.39, 0.29) is 11.9 Å². The maximum Gasteiger partial charge on any atom is 0.239 e. The third-order valence-electron chi connectivity index (χ3n) is 4.33. The standard InChI is InChI=1S/C15H31N3O/c1-6-12(5)18(7-2)10-15(14(16)19,13-8-9-13)17-11(3)4/h11-13,17H,6-10H2,1-5H3,(H2,16,19). The molecule has 0 radical (unpaired) electrons. The molecule has 0 spiro atoms. The summed E-state index contributed by atoms with van der Waals surface area (Å²) in [5.74, 6) is 0.218. The smallest absolute Gasteiger partial charge is 0.239 e. The number of nitrogens with one attached hydrogen (secondary N) is 1. The van der Waals surface area contributed by atoms with Gasteiger partial charge in [0.1, 0.15) is 5.54 Å². The van der Waals surface area contributed by atoms with Crippen molar-refractivity contribution in [3.8, 4) is 0 Å². The lowest BCUT2D eigenvalue weighted by atomic mass is 9.89. The Bertz CT molecular complexity index is 302. The zero-order chi connectivity index (χ0) is 14.6. The van der Waals surface area contributed by atoms with Gasteiger partial charge in [-0.25, -0.2) is 0 Å². The van der Waals surface area contributed by atoms with E-state index in [1.807, 2.05) is 0 Å². The molecule has 3 N–H and O–H groups in total. The molecule has 1 saturated carbocycles. The van der Waals surface area contributed by atoms with Gasteiger partial charge in [-0.2, -0.15) is 0 Å². The average molecular weight is 269 g/mol. The zero-order valence-electron chi connectivity index (χ0n) is 13.2. The van der Waals surface area contributed by atoms with Gasteiger partial charge in [-0.3, -0.25) is 15.0 Å². The Labute approximate surface area is 118 Å². The van der Waals surface area contributed by atoms with Crippen molar-refractivity contribution in [2.75, 3.05) is 13.1 Å². The van der Waals surface area contributed by atoms with Crippen LogP contribution in [-0.2, 0) is 4.79 Å². The molecule has 0 bridgehead atoms. The van der Waals surface area contributed by atoms with E-state index >= 15 is 0 Å². The summed E-state index contributed by atoms with van der Waals surface area (Å²) >= 11 is 0. The van der Waals surface area contributed by atoms with Crippen LogP contribution in [0.25, 0.3) is 0 Å². The van der Waals surface area contributed by atoms with Gasteiger partial charge in [0.25, 0.3) is 0 Å². The molecule has 4 heteroatoms. The minimum atomic E-state index is -0.548. The SMILES string of the molecule is CCC(C)N(CC)CC(NC(C)C)(C(N)=O)C1CC1. The number of rotatable bonds is 9. The van der Waals surface area contributed by atoms with E-state index in [4.69, 9.17) is 5.73 Å². The van der Waals surface area contributed by atoms with E-state index in [9.17, 15) is 4.79 Å². The molecule has 1 rings (SSSR count). The summed E-state index contributed by atoms with van der Waals surface area (Å²) < 4.78 is 0. The Morgan fingerprint density at radius 3 is 2.26 bits per heavy atom. The van der Waals surface area contributed by atoms with Crippen molar-refractivity contribution < 1.29 is 4.79 Å². The lowest BCUT2D eigenvalue weighted by Gasteiger charge is -2.40. The summed E-state index contributed by atoms with van der Waals surface area (Å²) in [6.07, 6.45) is 3.32. The summed E-state index contributed by atoms with van der Waals surface area (Å²) in [6, 6.07) is 0.750. The normalized spacial score (nSPS) is 20.6. The number of likely N-dealkylation sites (N-methyl/N-ethyl adjacent to an activating group) is 1. The van der Waals surface area contributed by atoms with Crippen LogP contribution in [0.2, 0.25) is 0 Å². The summed E-state index contributed by atoms with van der Waals surface area (Å²) in [6.45, 7) is 12.4. The fraction of sp³-hybridized carbons (Fsp3) is 0.933. The zero-order valence-corrected chi connectivity index (χ0v) is 13.2. The second-order valence-electron chi connectivity index (χ2n) is 6.23. The van der Waals surface area contributed by atoms with E-state index in [1.165, 1.54) is 0 Å². The van der Waals surface area contributed by atoms with Gasteiger partial charge in [0.15, 0.2) is 0 Å². The van der Waals surface area contributed by atoms with E-state index in [1.54, 1.807) is 0 Å². The molecule has 19 heavy (non-hydrogen) atoms. The first-order chi connectivity index (χ1) is 8.87. The molecule has 4 nitrogen and oxygen atoms in total. The van der Waals surface area contributed by atoms with Crippen LogP contribution in [0.1, 0.15) is 53.9 Å². The van der Waals surface area contributed by atoms with Crippen LogP contribution in [0.3, 0.4) is 0 Å². The van der Waals surface area contributed by atoms with Crippen LogP contribution in [0.4, 0.5) is 0 Å². The topological polar surface area (TPSA) is 58.4 Å². The second kappa shape index (κ2) is 6.71. The molecule has 1 amide bonds. The molecule has 1 fully saturated rings. The van der Waals surface area contributed by atoms with Crippen molar-refractivity contribution in [1.29, 1.82) is 0 Å². The van der Waals surface area contributed by atoms with Crippen LogP contribution >= 0.6 is 0 Å². The number of hydrogen-bond donors (Lipinski definition) is 2. The number of primary amides is 1. The van der Waals surface area contributed by atoms with E-state index in [0.29, 0.717) is 12.0 Å². The number of carbonyl (C=O) groups excluding carboxylic acids is 1. The minimum absolute atomic E-state index is 0.189. The molecule has 2 atom stereocenters. The highest BCUT2D eigenvalue weighted by molar-refractivity contribution is 5.86. The molecular formula is C15H31N3O.